The number of aromatic nitrogens is 2. The van der Waals surface area contributed by atoms with Crippen LogP contribution in [0.5, 0.6) is 11.5 Å². The number of methoxy groups -OCH3 is 2. The van der Waals surface area contributed by atoms with Gasteiger partial charge in [-0.15, -0.1) is 0 Å². The summed E-state index contributed by atoms with van der Waals surface area (Å²) in [6.45, 7) is 9.39. The van der Waals surface area contributed by atoms with Gasteiger partial charge < -0.3 is 42.9 Å². The van der Waals surface area contributed by atoms with Crippen molar-refractivity contribution in [3.8, 4) is 17.6 Å². The summed E-state index contributed by atoms with van der Waals surface area (Å²) in [5, 5.41) is 12.1. The van der Waals surface area contributed by atoms with E-state index in [0.717, 1.165) is 16.7 Å². The summed E-state index contributed by atoms with van der Waals surface area (Å²) in [5.74, 6) is 0.641. The minimum Gasteiger partial charge on any atom is -0.497 e. The molecule has 5 atom stereocenters. The molecule has 1 amide bonds. The number of benzene rings is 3. The number of nitriles is 1. The first-order chi connectivity index (χ1) is 31.6. The third kappa shape index (κ3) is 11.9. The van der Waals surface area contributed by atoms with Crippen LogP contribution >= 0.6 is 20.7 Å². The van der Waals surface area contributed by atoms with Crippen molar-refractivity contribution in [1.82, 2.24) is 19.1 Å². The number of thiocarbonyl (C=S) groups is 1. The molecule has 1 N–H and O–H groups in total. The van der Waals surface area contributed by atoms with Crippen LogP contribution in [-0.2, 0) is 43.5 Å². The molecule has 2 saturated heterocycles. The maximum atomic E-state index is 14.0. The molecule has 0 aliphatic carbocycles. The highest BCUT2D eigenvalue weighted by Gasteiger charge is 2.53. The molecule has 0 radical (unpaired) electrons. The zero-order valence-corrected chi connectivity index (χ0v) is 40.6. The van der Waals surface area contributed by atoms with Crippen molar-refractivity contribution in [2.75, 3.05) is 57.3 Å². The van der Waals surface area contributed by atoms with E-state index in [4.69, 9.17) is 44.9 Å². The Morgan fingerprint density at radius 1 is 0.939 bits per heavy atom. The van der Waals surface area contributed by atoms with Crippen LogP contribution in [0.4, 0.5) is 5.82 Å². The van der Waals surface area contributed by atoms with Crippen molar-refractivity contribution < 1.29 is 45.9 Å². The van der Waals surface area contributed by atoms with Gasteiger partial charge in [-0.2, -0.15) is 10.2 Å². The molecule has 1 aromatic heterocycles. The van der Waals surface area contributed by atoms with Gasteiger partial charge in [0, 0.05) is 38.3 Å². The Morgan fingerprint density at radius 3 is 2.03 bits per heavy atom. The highest BCUT2D eigenvalue weighted by Crippen LogP contribution is 2.51. The molecule has 20 heteroatoms. The fraction of sp³-hybridized carbons (Fsp3) is 0.457. The Labute approximate surface area is 392 Å². The number of anilines is 1. The lowest BCUT2D eigenvalue weighted by Crippen LogP contribution is -2.48. The van der Waals surface area contributed by atoms with E-state index in [0.29, 0.717) is 11.5 Å². The van der Waals surface area contributed by atoms with E-state index in [1.165, 1.54) is 23.8 Å². The van der Waals surface area contributed by atoms with Crippen LogP contribution in [0.1, 0.15) is 64.0 Å². The molecule has 354 valence electrons. The number of hydrogen-bond acceptors (Lipinski definition) is 15. The van der Waals surface area contributed by atoms with Gasteiger partial charge in [-0.3, -0.25) is 9.36 Å². The standard InChI is InChI=1S/C46H57N6O11PS2/c1-31(2)52(32(3)4)64(60-27-11-23-47)63-41-39(30-59-46(34-12-9-8-10-13-34,35-14-18-37(57-6)19-15-35)36-16-20-38(58-7)21-17-36)61-43(51-24-22-40(48-33(5)53)49-44(51)54)42(41)62-45(65)50-25-28-66(55,56)29-26-50/h8-10,12-22,24,31-32,39,41-43H,11,25-30H2,1-7H3,(H,48,49,53,54)/t39-,41?,42+,43-,64?/m1/s1. The molecule has 17 nitrogen and oxygen atoms in total. The van der Waals surface area contributed by atoms with Gasteiger partial charge in [0.2, 0.25) is 5.91 Å². The number of carbonyl (C=O) groups excluding carboxylic acids is 1. The summed E-state index contributed by atoms with van der Waals surface area (Å²) in [6, 6.07) is 28.3. The Kier molecular flexibility index (Phi) is 17.3. The maximum absolute atomic E-state index is 14.0. The topological polar surface area (TPSA) is 193 Å². The third-order valence-corrected chi connectivity index (χ3v) is 15.1. The lowest BCUT2D eigenvalue weighted by molar-refractivity contribution is -0.114. The molecule has 0 saturated carbocycles. The Morgan fingerprint density at radius 2 is 1.52 bits per heavy atom. The van der Waals surface area contributed by atoms with Crippen LogP contribution in [0.2, 0.25) is 0 Å². The van der Waals surface area contributed by atoms with Gasteiger partial charge in [0.05, 0.1) is 51.4 Å². The zero-order chi connectivity index (χ0) is 47.6. The van der Waals surface area contributed by atoms with Gasteiger partial charge in [0.1, 0.15) is 35.1 Å². The zero-order valence-electron chi connectivity index (χ0n) is 38.1. The van der Waals surface area contributed by atoms with Crippen LogP contribution in [0, 0.1) is 11.3 Å². The molecule has 66 heavy (non-hydrogen) atoms. The quantitative estimate of drug-likeness (QED) is 0.0484. The molecule has 3 heterocycles. The molecular formula is C46H57N6O11PS2. The van der Waals surface area contributed by atoms with Crippen LogP contribution in [-0.4, -0.2) is 121 Å². The lowest BCUT2D eigenvalue weighted by atomic mass is 9.80. The molecule has 2 unspecified atom stereocenters. The summed E-state index contributed by atoms with van der Waals surface area (Å²) in [5.41, 5.74) is 0.211. The fourth-order valence-electron chi connectivity index (χ4n) is 7.94. The molecule has 0 spiro atoms. The molecule has 3 aromatic carbocycles. The molecule has 2 aliphatic rings. The van der Waals surface area contributed by atoms with Crippen LogP contribution in [0.15, 0.2) is 95.9 Å². The number of amides is 1. The van der Waals surface area contributed by atoms with Crippen molar-refractivity contribution >= 4 is 47.5 Å². The van der Waals surface area contributed by atoms with Crippen LogP contribution < -0.4 is 20.5 Å². The highest BCUT2D eigenvalue weighted by molar-refractivity contribution is 7.91. The highest BCUT2D eigenvalue weighted by atomic mass is 32.2. The number of hydrogen-bond donors (Lipinski definition) is 1. The fourth-order valence-corrected chi connectivity index (χ4v) is 11.2. The SMILES string of the molecule is COc1ccc(C(OC[C@H]2O[C@@H](n3ccc(NC(C)=O)nc3=O)[C@@H](OC(=S)N3CCS(=O)(=O)CC3)C2OP(OCCC#N)N(C(C)C)C(C)C)(c2ccccc2)c2ccc(OC)cc2)cc1. The van der Waals surface area contributed by atoms with Crippen LogP contribution in [0.25, 0.3) is 0 Å². The normalized spacial score (nSPS) is 19.9. The van der Waals surface area contributed by atoms with Crippen molar-refractivity contribution in [3.63, 3.8) is 0 Å². The van der Waals surface area contributed by atoms with Crippen molar-refractivity contribution in [2.24, 2.45) is 0 Å². The summed E-state index contributed by atoms with van der Waals surface area (Å²) in [7, 11) is -2.06. The summed E-state index contributed by atoms with van der Waals surface area (Å²) in [4.78, 5) is 31.7. The predicted octanol–water partition coefficient (Wildman–Crippen LogP) is 6.19. The first-order valence-electron chi connectivity index (χ1n) is 21.5. The van der Waals surface area contributed by atoms with Gasteiger partial charge in [0.25, 0.3) is 13.7 Å². The van der Waals surface area contributed by atoms with E-state index in [1.54, 1.807) is 19.1 Å². The van der Waals surface area contributed by atoms with Crippen LogP contribution in [0.3, 0.4) is 0 Å². The number of carbonyl (C=O) groups is 1. The lowest BCUT2D eigenvalue weighted by Gasteiger charge is -2.39. The van der Waals surface area contributed by atoms with Crippen molar-refractivity contribution in [3.05, 3.63) is 118 Å². The summed E-state index contributed by atoms with van der Waals surface area (Å²) < 4.78 is 73.9. The first-order valence-corrected chi connectivity index (χ1v) is 24.9. The second kappa shape index (κ2) is 22.6. The Hall–Kier alpha value is -5.03. The smallest absolute Gasteiger partial charge is 0.351 e. The number of nitrogens with one attached hydrogen (secondary N) is 1. The van der Waals surface area contributed by atoms with Crippen molar-refractivity contribution in [2.45, 2.75) is 83.3 Å². The van der Waals surface area contributed by atoms with Gasteiger partial charge in [-0.25, -0.2) is 17.9 Å². The third-order valence-electron chi connectivity index (χ3n) is 11.0. The molecule has 2 fully saturated rings. The molecule has 0 bridgehead atoms. The first kappa shape index (κ1) is 50.4. The Balaban J connectivity index is 1.52. The minimum atomic E-state index is -3.28. The van der Waals surface area contributed by atoms with Crippen molar-refractivity contribution in [1.29, 1.82) is 5.26 Å². The van der Waals surface area contributed by atoms with E-state index in [1.807, 2.05) is 107 Å². The maximum Gasteiger partial charge on any atom is 0.351 e. The molecular weight excluding hydrogens is 908 g/mol. The van der Waals surface area contributed by atoms with E-state index in [-0.39, 0.29) is 67.3 Å². The van der Waals surface area contributed by atoms with E-state index >= 15 is 0 Å². The Bertz CT molecular complexity index is 2400. The van der Waals surface area contributed by atoms with Gasteiger partial charge >= 0.3 is 5.69 Å². The summed E-state index contributed by atoms with van der Waals surface area (Å²) in [6.07, 6.45) is -3.07. The number of sulfone groups is 1. The van der Waals surface area contributed by atoms with E-state index in [2.05, 4.69) is 21.0 Å². The van der Waals surface area contributed by atoms with Gasteiger partial charge in [0.15, 0.2) is 22.2 Å². The minimum absolute atomic E-state index is 0.0241. The molecule has 6 rings (SSSR count). The second-order valence-electron chi connectivity index (χ2n) is 16.2. The number of nitrogens with zero attached hydrogens (tertiary/aromatic N) is 5. The molecule has 2 aliphatic heterocycles. The average Bonchev–Trinajstić information content (AvgIpc) is 3.62. The number of rotatable bonds is 19. The largest absolute Gasteiger partial charge is 0.497 e. The van der Waals surface area contributed by atoms with Gasteiger partial charge in [-0.1, -0.05) is 54.6 Å². The monoisotopic (exact) mass is 964 g/mol. The van der Waals surface area contributed by atoms with E-state index in [9.17, 15) is 23.3 Å². The predicted molar refractivity (Wildman–Crippen MR) is 253 cm³/mol. The average molecular weight is 965 g/mol. The summed E-state index contributed by atoms with van der Waals surface area (Å²) >= 11 is 5.89. The number of ether oxygens (including phenoxy) is 5. The second-order valence-corrected chi connectivity index (χ2v) is 20.2. The molecule has 4 aromatic rings. The van der Waals surface area contributed by atoms with E-state index < -0.39 is 60.1 Å². The van der Waals surface area contributed by atoms with Gasteiger partial charge in [-0.05, 0) is 86.9 Å².